The fourth-order valence-corrected chi connectivity index (χ4v) is 5.37. The number of fused-ring (bicyclic) bond motifs is 2. The Balaban J connectivity index is 1.76. The Labute approximate surface area is 179 Å². The molecule has 2 heterocycles. The van der Waals surface area contributed by atoms with Gasteiger partial charge < -0.3 is 10.0 Å². The summed E-state index contributed by atoms with van der Waals surface area (Å²) in [5, 5.41) is 8.17. The molecule has 0 saturated heterocycles. The SMILES string of the molecule is O=C(O)CC1Sc2cc(C(F)(F)F)ccc2N(Cc2nc3ccc(F)c(F)c3s2)C1=O. The van der Waals surface area contributed by atoms with Crippen molar-refractivity contribution in [1.82, 2.24) is 4.98 Å². The van der Waals surface area contributed by atoms with E-state index in [1.54, 1.807) is 0 Å². The number of aliphatic carboxylic acids is 1. The molecule has 162 valence electrons. The molecule has 1 atom stereocenters. The zero-order chi connectivity index (χ0) is 22.5. The molecule has 1 N–H and O–H groups in total. The van der Waals surface area contributed by atoms with Crippen LogP contribution in [0.5, 0.6) is 0 Å². The number of aromatic nitrogens is 1. The second-order valence-electron chi connectivity index (χ2n) is 6.63. The van der Waals surface area contributed by atoms with Crippen LogP contribution >= 0.6 is 23.1 Å². The smallest absolute Gasteiger partial charge is 0.416 e. The first-order valence-electron chi connectivity index (χ1n) is 8.69. The highest BCUT2D eigenvalue weighted by molar-refractivity contribution is 8.01. The van der Waals surface area contributed by atoms with Crippen LogP contribution in [0.25, 0.3) is 10.2 Å². The summed E-state index contributed by atoms with van der Waals surface area (Å²) in [5.41, 5.74) is -0.595. The number of hydrogen-bond donors (Lipinski definition) is 1. The molecule has 5 nitrogen and oxygen atoms in total. The predicted octanol–water partition coefficient (Wildman–Crippen LogP) is 5.08. The normalized spacial score (nSPS) is 16.6. The Morgan fingerprint density at radius 2 is 1.94 bits per heavy atom. The lowest BCUT2D eigenvalue weighted by Crippen LogP contribution is -2.41. The molecule has 0 fully saturated rings. The third-order valence-corrected chi connectivity index (χ3v) is 6.82. The number of carboxylic acids is 1. The van der Waals surface area contributed by atoms with Crippen molar-refractivity contribution in [3.05, 3.63) is 52.5 Å². The first kappa shape index (κ1) is 21.5. The molecule has 1 unspecified atom stereocenters. The quantitative estimate of drug-likeness (QED) is 0.535. The van der Waals surface area contributed by atoms with E-state index in [0.717, 1.165) is 52.3 Å². The first-order chi connectivity index (χ1) is 14.5. The molecule has 1 aliphatic rings. The molecule has 1 aliphatic heterocycles. The van der Waals surface area contributed by atoms with Crippen molar-refractivity contribution < 1.29 is 36.6 Å². The minimum Gasteiger partial charge on any atom is -0.481 e. The number of anilines is 1. The second-order valence-corrected chi connectivity index (χ2v) is 8.95. The lowest BCUT2D eigenvalue weighted by molar-refractivity contribution is -0.139. The van der Waals surface area contributed by atoms with Crippen LogP contribution in [0.3, 0.4) is 0 Å². The van der Waals surface area contributed by atoms with Crippen molar-refractivity contribution in [1.29, 1.82) is 0 Å². The Morgan fingerprint density at radius 1 is 1.19 bits per heavy atom. The van der Waals surface area contributed by atoms with Gasteiger partial charge in [0.2, 0.25) is 5.91 Å². The van der Waals surface area contributed by atoms with Gasteiger partial charge in [-0.05, 0) is 30.3 Å². The molecule has 2 aromatic carbocycles. The van der Waals surface area contributed by atoms with Gasteiger partial charge in [0.1, 0.15) is 5.01 Å². The third kappa shape index (κ3) is 4.09. The number of benzene rings is 2. The average Bonchev–Trinajstić information content (AvgIpc) is 3.10. The Bertz CT molecular complexity index is 1210. The molecule has 0 radical (unpaired) electrons. The lowest BCUT2D eigenvalue weighted by atomic mass is 10.1. The predicted molar refractivity (Wildman–Crippen MR) is 104 cm³/mol. The van der Waals surface area contributed by atoms with Crippen molar-refractivity contribution in [2.75, 3.05) is 4.90 Å². The average molecular weight is 474 g/mol. The lowest BCUT2D eigenvalue weighted by Gasteiger charge is -2.33. The van der Waals surface area contributed by atoms with Gasteiger partial charge in [-0.25, -0.2) is 13.8 Å². The van der Waals surface area contributed by atoms with Gasteiger partial charge in [-0.3, -0.25) is 9.59 Å². The summed E-state index contributed by atoms with van der Waals surface area (Å²) in [6.07, 6.45) is -5.20. The maximum Gasteiger partial charge on any atom is 0.416 e. The molecule has 31 heavy (non-hydrogen) atoms. The number of alkyl halides is 3. The summed E-state index contributed by atoms with van der Waals surface area (Å²) >= 11 is 1.56. The molecule has 4 rings (SSSR count). The summed E-state index contributed by atoms with van der Waals surface area (Å²) < 4.78 is 66.8. The van der Waals surface area contributed by atoms with Gasteiger partial charge in [-0.2, -0.15) is 13.2 Å². The summed E-state index contributed by atoms with van der Waals surface area (Å²) in [7, 11) is 0. The Hall–Kier alpha value is -2.73. The fraction of sp³-hybridized carbons (Fsp3) is 0.211. The standard InChI is InChI=1S/C19H11F5N2O3S2/c20-9-2-3-10-17(16(9)21)31-14(25-10)7-26-11-4-1-8(19(22,23)24)5-12(11)30-13(18(26)29)6-15(27)28/h1-5,13H,6-7H2,(H,27,28). The second kappa shape index (κ2) is 7.75. The topological polar surface area (TPSA) is 70.5 Å². The summed E-state index contributed by atoms with van der Waals surface area (Å²) in [5.74, 6) is -4.04. The van der Waals surface area contributed by atoms with Crippen LogP contribution in [0.2, 0.25) is 0 Å². The van der Waals surface area contributed by atoms with Crippen LogP contribution in [0.4, 0.5) is 27.6 Å². The molecule has 0 saturated carbocycles. The third-order valence-electron chi connectivity index (χ3n) is 4.54. The van der Waals surface area contributed by atoms with E-state index in [1.807, 2.05) is 0 Å². The van der Waals surface area contributed by atoms with Gasteiger partial charge in [0, 0.05) is 4.90 Å². The van der Waals surface area contributed by atoms with E-state index >= 15 is 0 Å². The van der Waals surface area contributed by atoms with Crippen LogP contribution in [0.1, 0.15) is 17.0 Å². The van der Waals surface area contributed by atoms with Gasteiger partial charge >= 0.3 is 12.1 Å². The number of thioether (sulfide) groups is 1. The van der Waals surface area contributed by atoms with Crippen LogP contribution < -0.4 is 4.90 Å². The number of carboxylic acid groups (broad SMARTS) is 1. The molecule has 1 amide bonds. The molecular weight excluding hydrogens is 463 g/mol. The molecule has 12 heteroatoms. The van der Waals surface area contributed by atoms with E-state index in [0.29, 0.717) is 0 Å². The van der Waals surface area contributed by atoms with Crippen molar-refractivity contribution >= 4 is 50.9 Å². The van der Waals surface area contributed by atoms with Gasteiger partial charge in [-0.1, -0.05) is 0 Å². The van der Waals surface area contributed by atoms with Gasteiger partial charge in [-0.15, -0.1) is 23.1 Å². The monoisotopic (exact) mass is 474 g/mol. The number of halogens is 5. The minimum absolute atomic E-state index is 0.0523. The number of carbonyl (C=O) groups excluding carboxylic acids is 1. The molecule has 1 aromatic heterocycles. The zero-order valence-corrected chi connectivity index (χ0v) is 16.9. The summed E-state index contributed by atoms with van der Waals surface area (Å²) in [4.78, 5) is 29.5. The number of rotatable bonds is 4. The molecule has 0 bridgehead atoms. The van der Waals surface area contributed by atoms with Gasteiger partial charge in [0.15, 0.2) is 11.6 Å². The first-order valence-corrected chi connectivity index (χ1v) is 10.4. The maximum absolute atomic E-state index is 14.0. The van der Waals surface area contributed by atoms with E-state index < -0.39 is 46.9 Å². The van der Waals surface area contributed by atoms with Crippen molar-refractivity contribution in [3.63, 3.8) is 0 Å². The van der Waals surface area contributed by atoms with Gasteiger partial charge in [0.05, 0.1) is 39.7 Å². The van der Waals surface area contributed by atoms with Crippen LogP contribution in [-0.2, 0) is 22.3 Å². The van der Waals surface area contributed by atoms with Crippen LogP contribution in [0, 0.1) is 11.6 Å². The van der Waals surface area contributed by atoms with E-state index in [4.69, 9.17) is 5.11 Å². The van der Waals surface area contributed by atoms with Crippen LogP contribution in [0.15, 0.2) is 35.2 Å². The van der Waals surface area contributed by atoms with Crippen molar-refractivity contribution in [2.45, 2.75) is 29.3 Å². The highest BCUT2D eigenvalue weighted by Gasteiger charge is 2.38. The van der Waals surface area contributed by atoms with E-state index in [2.05, 4.69) is 4.98 Å². The maximum atomic E-state index is 14.0. The zero-order valence-electron chi connectivity index (χ0n) is 15.2. The Morgan fingerprint density at radius 3 is 2.61 bits per heavy atom. The number of carbonyl (C=O) groups is 2. The molecular formula is C19H11F5N2O3S2. The fourth-order valence-electron chi connectivity index (χ4n) is 3.14. The molecule has 0 aliphatic carbocycles. The number of nitrogens with zero attached hydrogens (tertiary/aromatic N) is 2. The largest absolute Gasteiger partial charge is 0.481 e. The number of hydrogen-bond acceptors (Lipinski definition) is 5. The minimum atomic E-state index is -4.61. The van der Waals surface area contributed by atoms with Crippen LogP contribution in [-0.4, -0.2) is 27.2 Å². The number of amides is 1. The van der Waals surface area contributed by atoms with E-state index in [-0.39, 0.29) is 32.4 Å². The summed E-state index contributed by atoms with van der Waals surface area (Å²) in [6.45, 7) is -0.228. The molecule has 3 aromatic rings. The highest BCUT2D eigenvalue weighted by Crippen LogP contribution is 2.44. The highest BCUT2D eigenvalue weighted by atomic mass is 32.2. The number of thiazole rings is 1. The molecule has 0 spiro atoms. The van der Waals surface area contributed by atoms with Gasteiger partial charge in [0.25, 0.3) is 0 Å². The Kier molecular flexibility index (Phi) is 5.38. The van der Waals surface area contributed by atoms with Crippen molar-refractivity contribution in [3.8, 4) is 0 Å². The van der Waals surface area contributed by atoms with E-state index in [1.165, 1.54) is 6.07 Å². The summed E-state index contributed by atoms with van der Waals surface area (Å²) in [6, 6.07) is 5.01. The van der Waals surface area contributed by atoms with Crippen molar-refractivity contribution in [2.24, 2.45) is 0 Å². The van der Waals surface area contributed by atoms with E-state index in [9.17, 15) is 31.5 Å².